The van der Waals surface area contributed by atoms with E-state index in [1.165, 1.54) is 21.1 Å². The highest BCUT2D eigenvalue weighted by molar-refractivity contribution is 9.10. The van der Waals surface area contributed by atoms with Gasteiger partial charge >= 0.3 is 5.97 Å². The van der Waals surface area contributed by atoms with Crippen molar-refractivity contribution in [2.24, 2.45) is 0 Å². The van der Waals surface area contributed by atoms with Gasteiger partial charge in [-0.15, -0.1) is 0 Å². The van der Waals surface area contributed by atoms with E-state index in [0.29, 0.717) is 21.5 Å². The molecule has 1 aromatic carbocycles. The number of benzene rings is 1. The van der Waals surface area contributed by atoms with Crippen LogP contribution in [-0.4, -0.2) is 48.4 Å². The first-order chi connectivity index (χ1) is 12.7. The lowest BCUT2D eigenvalue weighted by Crippen LogP contribution is -2.42. The number of hydrogen-bond donors (Lipinski definition) is 0. The number of amides is 2. The van der Waals surface area contributed by atoms with Gasteiger partial charge in [0.25, 0.3) is 11.1 Å². The molecule has 0 N–H and O–H groups in total. The molecule has 1 aliphatic heterocycles. The summed E-state index contributed by atoms with van der Waals surface area (Å²) in [5.74, 6) is -0.151. The Bertz CT molecular complexity index is 807. The monoisotopic (exact) mass is 457 g/mol. The molecule has 1 unspecified atom stereocenters. The molecule has 0 bridgehead atoms. The number of carbonyl (C=O) groups excluding carboxylic acids is 3. The lowest BCUT2D eigenvalue weighted by atomic mass is 10.1. The minimum atomic E-state index is -0.989. The molecule has 7 nitrogen and oxygen atoms in total. The minimum absolute atomic E-state index is 0.0441. The van der Waals surface area contributed by atoms with E-state index in [2.05, 4.69) is 20.7 Å². The van der Waals surface area contributed by atoms with Gasteiger partial charge in [0.15, 0.2) is 11.5 Å². The van der Waals surface area contributed by atoms with E-state index in [0.717, 1.165) is 16.7 Å². The van der Waals surface area contributed by atoms with Gasteiger partial charge in [0, 0.05) is 0 Å². The van der Waals surface area contributed by atoms with E-state index in [1.54, 1.807) is 18.2 Å². The second-order valence-corrected chi connectivity index (χ2v) is 7.80. The summed E-state index contributed by atoms with van der Waals surface area (Å²) in [5.41, 5.74) is 0.644. The molecule has 1 aliphatic rings. The van der Waals surface area contributed by atoms with Gasteiger partial charge in [0.05, 0.1) is 29.7 Å². The van der Waals surface area contributed by atoms with Crippen molar-refractivity contribution in [3.05, 3.63) is 27.1 Å². The maximum Gasteiger partial charge on any atom is 0.328 e. The van der Waals surface area contributed by atoms with Crippen LogP contribution < -0.4 is 9.47 Å². The molecule has 1 fully saturated rings. The van der Waals surface area contributed by atoms with E-state index >= 15 is 0 Å². The van der Waals surface area contributed by atoms with Crippen LogP contribution in [0.15, 0.2) is 21.5 Å². The molecule has 1 aromatic rings. The van der Waals surface area contributed by atoms with Crippen LogP contribution in [-0.2, 0) is 14.3 Å². The molecule has 2 rings (SSSR count). The average molecular weight is 458 g/mol. The van der Waals surface area contributed by atoms with Crippen molar-refractivity contribution in [3.8, 4) is 11.5 Å². The second kappa shape index (κ2) is 8.79. The quantitative estimate of drug-likeness (QED) is 0.473. The third-order valence-electron chi connectivity index (χ3n) is 3.66. The van der Waals surface area contributed by atoms with Crippen LogP contribution in [0.5, 0.6) is 11.5 Å². The number of ether oxygens (including phenoxy) is 3. The summed E-state index contributed by atoms with van der Waals surface area (Å²) in [6.07, 6.45) is 1.53. The van der Waals surface area contributed by atoms with Gasteiger partial charge in [0.2, 0.25) is 0 Å². The van der Waals surface area contributed by atoms with Gasteiger partial charge in [0.1, 0.15) is 6.04 Å². The lowest BCUT2D eigenvalue weighted by Gasteiger charge is -2.18. The Balaban J connectivity index is 2.36. The van der Waals surface area contributed by atoms with Gasteiger partial charge in [-0.05, 0) is 72.2 Å². The third-order valence-corrected chi connectivity index (χ3v) is 5.13. The predicted octanol–water partition coefficient (Wildman–Crippen LogP) is 3.84. The Kier molecular flexibility index (Phi) is 6.94. The number of nitrogens with zero attached hydrogens (tertiary/aromatic N) is 1. The molecular weight excluding hydrogens is 438 g/mol. The van der Waals surface area contributed by atoms with E-state index in [9.17, 15) is 14.4 Å². The summed E-state index contributed by atoms with van der Waals surface area (Å²) in [5, 5.41) is -0.519. The van der Waals surface area contributed by atoms with E-state index in [4.69, 9.17) is 9.47 Å². The zero-order chi connectivity index (χ0) is 20.3. The Morgan fingerprint density at radius 3 is 2.44 bits per heavy atom. The highest BCUT2D eigenvalue weighted by atomic mass is 79.9. The highest BCUT2D eigenvalue weighted by Gasteiger charge is 2.41. The van der Waals surface area contributed by atoms with Crippen molar-refractivity contribution in [2.45, 2.75) is 32.9 Å². The van der Waals surface area contributed by atoms with Crippen molar-refractivity contribution in [1.29, 1.82) is 0 Å². The number of rotatable bonds is 6. The number of halogens is 1. The molecule has 1 saturated heterocycles. The van der Waals surface area contributed by atoms with Crippen LogP contribution in [0, 0.1) is 0 Å². The van der Waals surface area contributed by atoms with Crippen LogP contribution in [0.3, 0.4) is 0 Å². The van der Waals surface area contributed by atoms with Crippen LogP contribution in [0.2, 0.25) is 0 Å². The molecule has 9 heteroatoms. The molecule has 0 aromatic heterocycles. The van der Waals surface area contributed by atoms with Gasteiger partial charge < -0.3 is 14.2 Å². The second-order valence-electron chi connectivity index (χ2n) is 5.95. The Morgan fingerprint density at radius 1 is 1.22 bits per heavy atom. The number of carbonyl (C=O) groups is 3. The molecule has 0 saturated carbocycles. The largest absolute Gasteiger partial charge is 0.493 e. The van der Waals surface area contributed by atoms with Gasteiger partial charge in [-0.25, -0.2) is 4.79 Å². The van der Waals surface area contributed by atoms with Crippen LogP contribution >= 0.6 is 27.7 Å². The minimum Gasteiger partial charge on any atom is -0.493 e. The fraction of sp³-hybridized carbons (Fsp3) is 0.389. The van der Waals surface area contributed by atoms with E-state index in [-0.39, 0.29) is 11.0 Å². The summed E-state index contributed by atoms with van der Waals surface area (Å²) < 4.78 is 16.4. The molecule has 1 atom stereocenters. The summed E-state index contributed by atoms with van der Waals surface area (Å²) >= 11 is 4.21. The molecule has 2 amide bonds. The number of thioether (sulfide) groups is 1. The maximum absolute atomic E-state index is 12.6. The molecule has 0 aliphatic carbocycles. The summed E-state index contributed by atoms with van der Waals surface area (Å²) in [6.45, 7) is 5.25. The first-order valence-electron chi connectivity index (χ1n) is 8.08. The normalized spacial score (nSPS) is 16.9. The van der Waals surface area contributed by atoms with Crippen LogP contribution in [0.25, 0.3) is 6.08 Å². The fourth-order valence-corrected chi connectivity index (χ4v) is 3.88. The maximum atomic E-state index is 12.6. The number of imide groups is 1. The topological polar surface area (TPSA) is 82.1 Å². The van der Waals surface area contributed by atoms with Gasteiger partial charge in [-0.1, -0.05) is 0 Å². The summed E-state index contributed by atoms with van der Waals surface area (Å²) in [6, 6.07) is 2.48. The Labute approximate surface area is 170 Å². The van der Waals surface area contributed by atoms with E-state index < -0.39 is 23.2 Å². The van der Waals surface area contributed by atoms with Crippen molar-refractivity contribution < 1.29 is 28.6 Å². The molecule has 1 heterocycles. The smallest absolute Gasteiger partial charge is 0.328 e. The third kappa shape index (κ3) is 4.65. The number of esters is 1. The SMILES string of the molecule is COC(=O)C(C)N1C(=O)SC(=Cc2cc(Br)c(OC(C)C)c(OC)c2)C1=O. The van der Waals surface area contributed by atoms with Crippen molar-refractivity contribution >= 4 is 50.9 Å². The molecule has 27 heavy (non-hydrogen) atoms. The molecule has 0 radical (unpaired) electrons. The average Bonchev–Trinajstić information content (AvgIpc) is 2.88. The van der Waals surface area contributed by atoms with Crippen molar-refractivity contribution in [1.82, 2.24) is 4.90 Å². The molecule has 0 spiro atoms. The first kappa shape index (κ1) is 21.3. The van der Waals surface area contributed by atoms with Crippen LogP contribution in [0.4, 0.5) is 4.79 Å². The number of methoxy groups -OCH3 is 2. The zero-order valence-corrected chi connectivity index (χ0v) is 18.0. The first-order valence-corrected chi connectivity index (χ1v) is 9.69. The fourth-order valence-electron chi connectivity index (χ4n) is 2.41. The molecular formula is C18H20BrNO6S. The van der Waals surface area contributed by atoms with Crippen LogP contribution in [0.1, 0.15) is 26.3 Å². The zero-order valence-electron chi connectivity index (χ0n) is 15.6. The summed E-state index contributed by atoms with van der Waals surface area (Å²) in [7, 11) is 2.73. The predicted molar refractivity (Wildman–Crippen MR) is 106 cm³/mol. The Hall–Kier alpha value is -2.00. The summed E-state index contributed by atoms with van der Waals surface area (Å²) in [4.78, 5) is 37.5. The van der Waals surface area contributed by atoms with E-state index in [1.807, 2.05) is 13.8 Å². The lowest BCUT2D eigenvalue weighted by molar-refractivity contribution is -0.148. The van der Waals surface area contributed by atoms with Crippen molar-refractivity contribution in [3.63, 3.8) is 0 Å². The highest BCUT2D eigenvalue weighted by Crippen LogP contribution is 2.39. The van der Waals surface area contributed by atoms with Crippen molar-refractivity contribution in [2.75, 3.05) is 14.2 Å². The molecule has 146 valence electrons. The Morgan fingerprint density at radius 2 is 1.89 bits per heavy atom. The standard InChI is InChI=1S/C18H20BrNO6S/c1-9(2)26-15-12(19)6-11(7-13(15)24-4)8-14-16(21)20(18(23)27-14)10(3)17(22)25-5/h6-10H,1-5H3. The van der Waals surface area contributed by atoms with Gasteiger partial charge in [-0.2, -0.15) is 0 Å². The van der Waals surface area contributed by atoms with Gasteiger partial charge in [-0.3, -0.25) is 14.5 Å². The number of hydrogen-bond acceptors (Lipinski definition) is 7.